The summed E-state index contributed by atoms with van der Waals surface area (Å²) in [6.45, 7) is 0.535. The highest BCUT2D eigenvalue weighted by molar-refractivity contribution is 7.89. The zero-order valence-corrected chi connectivity index (χ0v) is 13.8. The van der Waals surface area contributed by atoms with Crippen molar-refractivity contribution < 1.29 is 17.6 Å². The van der Waals surface area contributed by atoms with Crippen molar-refractivity contribution in [2.24, 2.45) is 0 Å². The Morgan fingerprint density at radius 3 is 2.78 bits per heavy atom. The van der Waals surface area contributed by atoms with Crippen LogP contribution in [-0.4, -0.2) is 26.9 Å². The minimum atomic E-state index is -3.65. The van der Waals surface area contributed by atoms with Gasteiger partial charge in [-0.1, -0.05) is 11.6 Å². The quantitative estimate of drug-likeness (QED) is 0.747. The summed E-state index contributed by atoms with van der Waals surface area (Å²) in [5.41, 5.74) is 1.38. The Bertz CT molecular complexity index is 701. The molecule has 2 N–H and O–H groups in total. The van der Waals surface area contributed by atoms with E-state index in [2.05, 4.69) is 16.1 Å². The molecule has 0 atom stereocenters. The molecule has 1 aromatic rings. The lowest BCUT2D eigenvalue weighted by Gasteiger charge is -2.12. The molecule has 1 saturated carbocycles. The van der Waals surface area contributed by atoms with Gasteiger partial charge in [0, 0.05) is 12.6 Å². The lowest BCUT2D eigenvalue weighted by molar-refractivity contribution is 0.0921. The number of hydrogen-bond donors (Lipinski definition) is 2. The van der Waals surface area contributed by atoms with Crippen LogP contribution in [0.2, 0.25) is 0 Å². The SMILES string of the molecule is O=C(NCCC1=CCCCC1)c1ccc(S(=O)(=O)NC2CC2)o1. The zero-order valence-electron chi connectivity index (χ0n) is 13.0. The molecule has 0 bridgehead atoms. The van der Waals surface area contributed by atoms with Gasteiger partial charge in [-0.15, -0.1) is 0 Å². The van der Waals surface area contributed by atoms with Gasteiger partial charge in [-0.05, 0) is 57.1 Å². The topological polar surface area (TPSA) is 88.4 Å². The summed E-state index contributed by atoms with van der Waals surface area (Å²) in [4.78, 5) is 12.0. The molecule has 1 heterocycles. The van der Waals surface area contributed by atoms with E-state index in [0.717, 1.165) is 32.1 Å². The van der Waals surface area contributed by atoms with Crippen LogP contribution >= 0.6 is 0 Å². The molecule has 126 valence electrons. The molecular formula is C16H22N2O4S. The number of sulfonamides is 1. The Balaban J connectivity index is 1.52. The maximum Gasteiger partial charge on any atom is 0.287 e. The van der Waals surface area contributed by atoms with Gasteiger partial charge in [-0.25, -0.2) is 13.1 Å². The number of hydrogen-bond acceptors (Lipinski definition) is 4. The molecule has 0 spiro atoms. The van der Waals surface area contributed by atoms with E-state index in [1.165, 1.54) is 30.5 Å². The zero-order chi connectivity index (χ0) is 16.3. The molecular weight excluding hydrogens is 316 g/mol. The fourth-order valence-corrected chi connectivity index (χ4v) is 3.86. The van der Waals surface area contributed by atoms with E-state index < -0.39 is 10.0 Å². The van der Waals surface area contributed by atoms with Crippen LogP contribution in [0.3, 0.4) is 0 Å². The van der Waals surface area contributed by atoms with Crippen molar-refractivity contribution in [3.8, 4) is 0 Å². The molecule has 3 rings (SSSR count). The van der Waals surface area contributed by atoms with Crippen LogP contribution < -0.4 is 10.0 Å². The largest absolute Gasteiger partial charge is 0.438 e. The molecule has 1 fully saturated rings. The second kappa shape index (κ2) is 6.88. The average molecular weight is 338 g/mol. The molecule has 0 unspecified atom stereocenters. The third kappa shape index (κ3) is 4.45. The van der Waals surface area contributed by atoms with E-state index >= 15 is 0 Å². The van der Waals surface area contributed by atoms with Gasteiger partial charge in [0.2, 0.25) is 5.09 Å². The predicted molar refractivity (Wildman–Crippen MR) is 85.6 cm³/mol. The molecule has 0 aliphatic heterocycles. The fraction of sp³-hybridized carbons (Fsp3) is 0.562. The Morgan fingerprint density at radius 1 is 1.26 bits per heavy atom. The number of nitrogens with one attached hydrogen (secondary N) is 2. The molecule has 23 heavy (non-hydrogen) atoms. The summed E-state index contributed by atoms with van der Waals surface area (Å²) in [7, 11) is -3.65. The molecule has 0 radical (unpaired) electrons. The molecule has 1 aromatic heterocycles. The summed E-state index contributed by atoms with van der Waals surface area (Å²) in [5, 5.41) is 2.57. The number of furan rings is 1. The third-order valence-electron chi connectivity index (χ3n) is 4.09. The Kier molecular flexibility index (Phi) is 4.87. The maximum atomic E-state index is 12.0. The molecule has 7 heteroatoms. The van der Waals surface area contributed by atoms with E-state index in [9.17, 15) is 13.2 Å². The highest BCUT2D eigenvalue weighted by Crippen LogP contribution is 2.23. The average Bonchev–Trinajstić information content (AvgIpc) is 3.18. The van der Waals surface area contributed by atoms with Crippen molar-refractivity contribution in [3.05, 3.63) is 29.5 Å². The number of amides is 1. The molecule has 6 nitrogen and oxygen atoms in total. The van der Waals surface area contributed by atoms with E-state index in [-0.39, 0.29) is 22.8 Å². The summed E-state index contributed by atoms with van der Waals surface area (Å²) >= 11 is 0. The fourth-order valence-electron chi connectivity index (χ4n) is 2.62. The lowest BCUT2D eigenvalue weighted by atomic mass is 9.97. The minimum absolute atomic E-state index is 0.00569. The summed E-state index contributed by atoms with van der Waals surface area (Å²) in [5.74, 6) is -0.354. The molecule has 0 aromatic carbocycles. The lowest BCUT2D eigenvalue weighted by Crippen LogP contribution is -2.26. The van der Waals surface area contributed by atoms with Gasteiger partial charge >= 0.3 is 0 Å². The number of allylic oxidation sites excluding steroid dienone is 1. The first-order valence-electron chi connectivity index (χ1n) is 8.13. The molecule has 2 aliphatic carbocycles. The van der Waals surface area contributed by atoms with Crippen molar-refractivity contribution in [2.75, 3.05) is 6.54 Å². The summed E-state index contributed by atoms with van der Waals surface area (Å²) in [6.07, 6.45) is 9.47. The van der Waals surface area contributed by atoms with Crippen LogP contribution in [0.25, 0.3) is 0 Å². The molecule has 2 aliphatic rings. The van der Waals surface area contributed by atoms with Crippen LogP contribution in [0, 0.1) is 0 Å². The smallest absolute Gasteiger partial charge is 0.287 e. The van der Waals surface area contributed by atoms with E-state index in [0.29, 0.717) is 6.54 Å². The first-order valence-corrected chi connectivity index (χ1v) is 9.61. The van der Waals surface area contributed by atoms with Gasteiger partial charge in [-0.2, -0.15) is 0 Å². The Labute approximate surface area is 136 Å². The Hall–Kier alpha value is -1.60. The second-order valence-electron chi connectivity index (χ2n) is 6.13. The highest BCUT2D eigenvalue weighted by Gasteiger charge is 2.30. The minimum Gasteiger partial charge on any atom is -0.438 e. The van der Waals surface area contributed by atoms with Crippen molar-refractivity contribution in [1.82, 2.24) is 10.0 Å². The van der Waals surface area contributed by atoms with Crippen LogP contribution in [0.15, 0.2) is 33.3 Å². The monoisotopic (exact) mass is 338 g/mol. The summed E-state index contributed by atoms with van der Waals surface area (Å²) in [6, 6.07) is 2.73. The standard InChI is InChI=1S/C16H22N2O4S/c19-16(17-11-10-12-4-2-1-3-5-12)14-8-9-15(22-14)23(20,21)18-13-6-7-13/h4,8-9,13,18H,1-3,5-7,10-11H2,(H,17,19). The number of carbonyl (C=O) groups excluding carboxylic acids is 1. The second-order valence-corrected chi connectivity index (χ2v) is 7.77. The van der Waals surface area contributed by atoms with Gasteiger partial charge < -0.3 is 9.73 Å². The first-order chi connectivity index (χ1) is 11.0. The van der Waals surface area contributed by atoms with Crippen molar-refractivity contribution in [2.45, 2.75) is 56.1 Å². The molecule has 0 saturated heterocycles. The highest BCUT2D eigenvalue weighted by atomic mass is 32.2. The van der Waals surface area contributed by atoms with Crippen LogP contribution in [0.1, 0.15) is 55.5 Å². The van der Waals surface area contributed by atoms with Crippen LogP contribution in [0.5, 0.6) is 0 Å². The van der Waals surface area contributed by atoms with E-state index in [1.54, 1.807) is 0 Å². The van der Waals surface area contributed by atoms with Gasteiger partial charge in [0.05, 0.1) is 0 Å². The van der Waals surface area contributed by atoms with Gasteiger partial charge in [0.15, 0.2) is 5.76 Å². The first kappa shape index (κ1) is 16.3. The van der Waals surface area contributed by atoms with Crippen LogP contribution in [-0.2, 0) is 10.0 Å². The number of carbonyl (C=O) groups is 1. The molecule has 1 amide bonds. The van der Waals surface area contributed by atoms with E-state index in [4.69, 9.17) is 4.42 Å². The van der Waals surface area contributed by atoms with Gasteiger partial charge in [-0.3, -0.25) is 4.79 Å². The maximum absolute atomic E-state index is 12.0. The van der Waals surface area contributed by atoms with Crippen molar-refractivity contribution in [1.29, 1.82) is 0 Å². The van der Waals surface area contributed by atoms with E-state index in [1.807, 2.05) is 0 Å². The van der Waals surface area contributed by atoms with Crippen molar-refractivity contribution >= 4 is 15.9 Å². The predicted octanol–water partition coefficient (Wildman–Crippen LogP) is 2.34. The normalized spacial score (nSPS) is 18.5. The van der Waals surface area contributed by atoms with Crippen LogP contribution in [0.4, 0.5) is 0 Å². The van der Waals surface area contributed by atoms with Crippen molar-refractivity contribution in [3.63, 3.8) is 0 Å². The third-order valence-corrected chi connectivity index (χ3v) is 5.48. The Morgan fingerprint density at radius 2 is 2.09 bits per heavy atom. The van der Waals surface area contributed by atoms with Gasteiger partial charge in [0.25, 0.3) is 15.9 Å². The van der Waals surface area contributed by atoms with Gasteiger partial charge in [0.1, 0.15) is 0 Å². The number of rotatable bonds is 7. The summed E-state index contributed by atoms with van der Waals surface area (Å²) < 4.78 is 31.7.